The van der Waals surface area contributed by atoms with Gasteiger partial charge in [-0.3, -0.25) is 0 Å². The monoisotopic (exact) mass is 452 g/mol. The highest BCUT2D eigenvalue weighted by atomic mass is 28.4. The second kappa shape index (κ2) is 8.69. The average molecular weight is 453 g/mol. The average Bonchev–Trinajstić information content (AvgIpc) is 3.11. The summed E-state index contributed by atoms with van der Waals surface area (Å²) in [6.07, 6.45) is 3.20. The maximum Gasteiger partial charge on any atom is 0.192 e. The Hall–Kier alpha value is -2.08. The highest BCUT2D eigenvalue weighted by molar-refractivity contribution is 6.74. The molecule has 0 aliphatic heterocycles. The van der Waals surface area contributed by atoms with Gasteiger partial charge in [0.1, 0.15) is 6.61 Å². The molecule has 1 N–H and O–H groups in total. The molecule has 0 spiro atoms. The molecule has 32 heavy (non-hydrogen) atoms. The van der Waals surface area contributed by atoms with Gasteiger partial charge in [-0.25, -0.2) is 0 Å². The normalized spacial score (nSPS) is 22.7. The third-order valence-electron chi connectivity index (χ3n) is 7.31. The van der Waals surface area contributed by atoms with Crippen LogP contribution in [-0.4, -0.2) is 26.6 Å². The van der Waals surface area contributed by atoms with E-state index in [1.165, 1.54) is 5.57 Å². The molecule has 2 aliphatic carbocycles. The largest absolute Gasteiger partial charge is 0.493 e. The zero-order valence-electron chi connectivity index (χ0n) is 20.1. The molecule has 0 unspecified atom stereocenters. The summed E-state index contributed by atoms with van der Waals surface area (Å²) in [6, 6.07) is 14.3. The Kier molecular flexibility index (Phi) is 6.27. The van der Waals surface area contributed by atoms with Gasteiger partial charge in [-0.1, -0.05) is 63.2 Å². The SMILES string of the molecule is COc1ccc2c(c1OCc1ccccc1)C1=C[C@@H](O)C[C@H]1C[C@@H]2O[Si](C)(C)C(C)(C)C. The molecule has 0 radical (unpaired) electrons. The van der Waals surface area contributed by atoms with Crippen LogP contribution in [0.4, 0.5) is 0 Å². The van der Waals surface area contributed by atoms with Gasteiger partial charge in [0.15, 0.2) is 19.8 Å². The number of aliphatic hydroxyl groups excluding tert-OH is 1. The van der Waals surface area contributed by atoms with Crippen LogP contribution in [0.2, 0.25) is 18.1 Å². The lowest BCUT2D eigenvalue weighted by atomic mass is 9.78. The van der Waals surface area contributed by atoms with Gasteiger partial charge >= 0.3 is 0 Å². The zero-order chi connectivity index (χ0) is 23.1. The molecule has 5 heteroatoms. The van der Waals surface area contributed by atoms with Crippen molar-refractivity contribution in [2.24, 2.45) is 5.92 Å². The molecule has 172 valence electrons. The summed E-state index contributed by atoms with van der Waals surface area (Å²) in [5, 5.41) is 10.6. The Balaban J connectivity index is 1.78. The van der Waals surface area contributed by atoms with Crippen molar-refractivity contribution in [3.8, 4) is 11.5 Å². The number of aliphatic hydroxyl groups is 1. The van der Waals surface area contributed by atoms with E-state index in [9.17, 15) is 5.11 Å². The van der Waals surface area contributed by atoms with Gasteiger partial charge in [0.05, 0.1) is 19.3 Å². The number of fused-ring (bicyclic) bond motifs is 3. The smallest absolute Gasteiger partial charge is 0.192 e. The number of methoxy groups -OCH3 is 1. The number of ether oxygens (including phenoxy) is 2. The maximum absolute atomic E-state index is 10.5. The van der Waals surface area contributed by atoms with E-state index in [0.717, 1.165) is 35.3 Å². The first-order valence-electron chi connectivity index (χ1n) is 11.6. The van der Waals surface area contributed by atoms with Crippen molar-refractivity contribution < 1.29 is 19.0 Å². The summed E-state index contributed by atoms with van der Waals surface area (Å²) < 4.78 is 19.1. The van der Waals surface area contributed by atoms with Crippen LogP contribution in [0.3, 0.4) is 0 Å². The van der Waals surface area contributed by atoms with E-state index >= 15 is 0 Å². The zero-order valence-corrected chi connectivity index (χ0v) is 21.1. The molecule has 0 fully saturated rings. The molecule has 3 atom stereocenters. The first-order valence-corrected chi connectivity index (χ1v) is 14.5. The van der Waals surface area contributed by atoms with Gasteiger partial charge in [-0.15, -0.1) is 0 Å². The summed E-state index contributed by atoms with van der Waals surface area (Å²) >= 11 is 0. The number of benzene rings is 2. The maximum atomic E-state index is 10.5. The van der Waals surface area contributed by atoms with Crippen LogP contribution in [0.5, 0.6) is 11.5 Å². The standard InChI is InChI=1S/C27H36O4Si/c1-27(2,3)32(5,6)31-24-15-19-14-20(28)16-22(19)25-21(24)12-13-23(29-4)26(25)30-17-18-10-8-7-9-11-18/h7-13,16,19-20,24,28H,14-15,17H2,1-6H3/t19-,20-,24-/m0/s1. The van der Waals surface area contributed by atoms with Gasteiger partial charge in [-0.05, 0) is 59.7 Å². The predicted octanol–water partition coefficient (Wildman–Crippen LogP) is 6.51. The molecular weight excluding hydrogens is 416 g/mol. The molecule has 2 aliphatic rings. The Bertz CT molecular complexity index is 991. The van der Waals surface area contributed by atoms with Crippen LogP contribution in [0.1, 0.15) is 56.4 Å². The Morgan fingerprint density at radius 1 is 1.03 bits per heavy atom. The molecule has 2 aromatic carbocycles. The van der Waals surface area contributed by atoms with Crippen LogP contribution in [0.25, 0.3) is 5.57 Å². The molecule has 0 amide bonds. The van der Waals surface area contributed by atoms with Crippen molar-refractivity contribution in [3.63, 3.8) is 0 Å². The summed E-state index contributed by atoms with van der Waals surface area (Å²) in [7, 11) is -0.307. The lowest BCUT2D eigenvalue weighted by Gasteiger charge is -2.42. The molecular formula is C27H36O4Si. The minimum Gasteiger partial charge on any atom is -0.493 e. The van der Waals surface area contributed by atoms with Crippen molar-refractivity contribution in [1.82, 2.24) is 0 Å². The third-order valence-corrected chi connectivity index (χ3v) is 11.8. The van der Waals surface area contributed by atoms with Crippen LogP contribution in [-0.2, 0) is 11.0 Å². The summed E-state index contributed by atoms with van der Waals surface area (Å²) in [5.74, 6) is 1.73. The van der Waals surface area contributed by atoms with Crippen molar-refractivity contribution >= 4 is 13.9 Å². The Labute approximate surface area is 193 Å². The van der Waals surface area contributed by atoms with E-state index in [-0.39, 0.29) is 17.1 Å². The summed E-state index contributed by atoms with van der Waals surface area (Å²) in [4.78, 5) is 0. The van der Waals surface area contributed by atoms with Crippen LogP contribution >= 0.6 is 0 Å². The molecule has 4 nitrogen and oxygen atoms in total. The van der Waals surface area contributed by atoms with Gasteiger partial charge in [-0.2, -0.15) is 0 Å². The second-order valence-electron chi connectivity index (χ2n) is 10.6. The van der Waals surface area contributed by atoms with Gasteiger partial charge in [0, 0.05) is 5.56 Å². The van der Waals surface area contributed by atoms with E-state index < -0.39 is 14.4 Å². The highest BCUT2D eigenvalue weighted by Crippen LogP contribution is 2.54. The number of hydrogen-bond acceptors (Lipinski definition) is 4. The third kappa shape index (κ3) is 4.38. The van der Waals surface area contributed by atoms with Crippen molar-refractivity contribution in [1.29, 1.82) is 0 Å². The molecule has 0 saturated heterocycles. The molecule has 0 saturated carbocycles. The minimum absolute atomic E-state index is 0.0108. The van der Waals surface area contributed by atoms with Crippen molar-refractivity contribution in [2.45, 2.75) is 70.6 Å². The van der Waals surface area contributed by atoms with Crippen LogP contribution in [0.15, 0.2) is 48.5 Å². The summed E-state index contributed by atoms with van der Waals surface area (Å²) in [5.41, 5.74) is 4.48. The summed E-state index contributed by atoms with van der Waals surface area (Å²) in [6.45, 7) is 11.9. The topological polar surface area (TPSA) is 47.9 Å². The van der Waals surface area contributed by atoms with E-state index in [1.54, 1.807) is 7.11 Å². The highest BCUT2D eigenvalue weighted by Gasteiger charge is 2.44. The first-order chi connectivity index (χ1) is 15.1. The molecule has 0 aromatic heterocycles. The van der Waals surface area contributed by atoms with Crippen molar-refractivity contribution in [2.75, 3.05) is 7.11 Å². The number of hydrogen-bond donors (Lipinski definition) is 1. The second-order valence-corrected chi connectivity index (χ2v) is 15.3. The fourth-order valence-corrected chi connectivity index (χ4v) is 5.84. The van der Waals surface area contributed by atoms with E-state index in [1.807, 2.05) is 30.3 Å². The lowest BCUT2D eigenvalue weighted by Crippen LogP contribution is -2.42. The minimum atomic E-state index is -1.99. The molecule has 2 aromatic rings. The van der Waals surface area contributed by atoms with Crippen LogP contribution in [0, 0.1) is 5.92 Å². The number of allylic oxidation sites excluding steroid dienone is 1. The predicted molar refractivity (Wildman–Crippen MR) is 131 cm³/mol. The molecule has 0 heterocycles. The fourth-order valence-electron chi connectivity index (χ4n) is 4.55. The van der Waals surface area contributed by atoms with Gasteiger partial charge in [0.2, 0.25) is 0 Å². The quantitative estimate of drug-likeness (QED) is 0.508. The molecule has 0 bridgehead atoms. The van der Waals surface area contributed by atoms with Crippen molar-refractivity contribution in [3.05, 3.63) is 65.2 Å². The number of rotatable bonds is 6. The van der Waals surface area contributed by atoms with Gasteiger partial charge < -0.3 is 19.0 Å². The lowest BCUT2D eigenvalue weighted by molar-refractivity contribution is 0.142. The van der Waals surface area contributed by atoms with Gasteiger partial charge in [0.25, 0.3) is 0 Å². The van der Waals surface area contributed by atoms with Crippen LogP contribution < -0.4 is 9.47 Å². The Morgan fingerprint density at radius 3 is 2.41 bits per heavy atom. The fraction of sp³-hybridized carbons (Fsp3) is 0.481. The van der Waals surface area contributed by atoms with E-state index in [0.29, 0.717) is 12.4 Å². The first kappa shape index (κ1) is 23.1. The van der Waals surface area contributed by atoms with E-state index in [2.05, 4.69) is 52.1 Å². The van der Waals surface area contributed by atoms with E-state index in [4.69, 9.17) is 13.9 Å². The Morgan fingerprint density at radius 2 is 1.75 bits per heavy atom. The molecule has 4 rings (SSSR count).